The number of rotatable bonds is 5. The second kappa shape index (κ2) is 8.66. The van der Waals surface area contributed by atoms with Crippen LogP contribution in [-0.2, 0) is 21.4 Å². The molecule has 0 aromatic heterocycles. The molecule has 5 rings (SSSR count). The van der Waals surface area contributed by atoms with E-state index in [4.69, 9.17) is 11.6 Å². The van der Waals surface area contributed by atoms with Crippen molar-refractivity contribution in [3.05, 3.63) is 76.8 Å². The molecule has 10 heteroatoms. The van der Waals surface area contributed by atoms with Crippen LogP contribution in [0.5, 0.6) is 0 Å². The minimum Gasteiger partial charge on any atom is -0.336 e. The van der Waals surface area contributed by atoms with Gasteiger partial charge in [0.15, 0.2) is 0 Å². The molecule has 0 saturated carbocycles. The molecule has 2 aliphatic rings. The van der Waals surface area contributed by atoms with Gasteiger partial charge >= 0.3 is 0 Å². The fraction of sp³-hybridized carbons (Fsp3) is 0.217. The van der Waals surface area contributed by atoms with Crippen molar-refractivity contribution in [3.63, 3.8) is 0 Å². The van der Waals surface area contributed by atoms with E-state index >= 15 is 0 Å². The Hall–Kier alpha value is -3.14. The van der Waals surface area contributed by atoms with E-state index in [0.717, 1.165) is 21.9 Å². The minimum absolute atomic E-state index is 0.165. The second-order valence-electron chi connectivity index (χ2n) is 7.96. The Morgan fingerprint density at radius 1 is 0.970 bits per heavy atom. The SMILES string of the molecule is O=C1CN(S(=O)(=O)c2ccc3cc(Cl)ccc3c2)CCN1Cc1ccc(C2C=NN=N2)cc1. The van der Waals surface area contributed by atoms with E-state index in [1.165, 1.54) is 4.31 Å². The van der Waals surface area contributed by atoms with Gasteiger partial charge in [-0.15, -0.1) is 5.10 Å². The zero-order chi connectivity index (χ0) is 23.0. The summed E-state index contributed by atoms with van der Waals surface area (Å²) in [5.74, 6) is -0.224. The number of fused-ring (bicyclic) bond motifs is 1. The first-order valence-electron chi connectivity index (χ1n) is 10.4. The van der Waals surface area contributed by atoms with Crippen molar-refractivity contribution in [1.82, 2.24) is 9.21 Å². The Bertz CT molecular complexity index is 1380. The van der Waals surface area contributed by atoms with Crippen LogP contribution in [0.25, 0.3) is 10.8 Å². The van der Waals surface area contributed by atoms with E-state index in [1.54, 1.807) is 47.5 Å². The van der Waals surface area contributed by atoms with Gasteiger partial charge in [0, 0.05) is 24.7 Å². The van der Waals surface area contributed by atoms with Gasteiger partial charge in [0.25, 0.3) is 0 Å². The van der Waals surface area contributed by atoms with Crippen LogP contribution >= 0.6 is 11.6 Å². The number of piperazine rings is 1. The first-order valence-corrected chi connectivity index (χ1v) is 12.2. The number of carbonyl (C=O) groups excluding carboxylic acids is 1. The summed E-state index contributed by atoms with van der Waals surface area (Å²) in [4.78, 5) is 14.6. The molecule has 0 radical (unpaired) electrons. The maximum Gasteiger partial charge on any atom is 0.243 e. The fourth-order valence-corrected chi connectivity index (χ4v) is 5.56. The molecule has 3 aromatic carbocycles. The molecule has 33 heavy (non-hydrogen) atoms. The summed E-state index contributed by atoms with van der Waals surface area (Å²) < 4.78 is 27.6. The first kappa shape index (κ1) is 21.7. The van der Waals surface area contributed by atoms with Gasteiger partial charge in [-0.25, -0.2) is 8.42 Å². The maximum absolute atomic E-state index is 13.2. The van der Waals surface area contributed by atoms with Gasteiger partial charge in [-0.3, -0.25) is 4.79 Å². The highest BCUT2D eigenvalue weighted by molar-refractivity contribution is 7.89. The van der Waals surface area contributed by atoms with E-state index in [-0.39, 0.29) is 29.9 Å². The highest BCUT2D eigenvalue weighted by atomic mass is 35.5. The van der Waals surface area contributed by atoms with E-state index < -0.39 is 10.0 Å². The van der Waals surface area contributed by atoms with Crippen LogP contribution in [0, 0.1) is 0 Å². The number of benzene rings is 3. The van der Waals surface area contributed by atoms with Gasteiger partial charge < -0.3 is 4.90 Å². The van der Waals surface area contributed by atoms with Crippen molar-refractivity contribution in [2.75, 3.05) is 19.6 Å². The van der Waals surface area contributed by atoms with Gasteiger partial charge in [0.05, 0.1) is 17.7 Å². The number of halogens is 1. The number of amides is 1. The number of carbonyl (C=O) groups is 1. The van der Waals surface area contributed by atoms with Gasteiger partial charge in [0.1, 0.15) is 6.04 Å². The largest absolute Gasteiger partial charge is 0.336 e. The van der Waals surface area contributed by atoms with Crippen molar-refractivity contribution in [3.8, 4) is 0 Å². The molecular weight excluding hydrogens is 462 g/mol. The van der Waals surface area contributed by atoms with Crippen LogP contribution < -0.4 is 0 Å². The average molecular weight is 482 g/mol. The van der Waals surface area contributed by atoms with E-state index in [1.807, 2.05) is 24.3 Å². The third kappa shape index (κ3) is 4.39. The lowest BCUT2D eigenvalue weighted by Gasteiger charge is -2.33. The summed E-state index contributed by atoms with van der Waals surface area (Å²) in [6, 6.07) is 17.8. The molecule has 2 aliphatic heterocycles. The van der Waals surface area contributed by atoms with E-state index in [0.29, 0.717) is 18.1 Å². The second-order valence-corrected chi connectivity index (χ2v) is 10.3. The van der Waals surface area contributed by atoms with Crippen LogP contribution in [0.15, 0.2) is 81.0 Å². The molecule has 2 heterocycles. The Kier molecular flexibility index (Phi) is 5.69. The van der Waals surface area contributed by atoms with E-state index in [9.17, 15) is 13.2 Å². The van der Waals surface area contributed by atoms with Crippen molar-refractivity contribution < 1.29 is 13.2 Å². The first-order chi connectivity index (χ1) is 15.9. The molecule has 0 N–H and O–H groups in total. The summed E-state index contributed by atoms with van der Waals surface area (Å²) >= 11 is 6.01. The summed E-state index contributed by atoms with van der Waals surface area (Å²) in [7, 11) is -3.79. The van der Waals surface area contributed by atoms with Crippen molar-refractivity contribution >= 4 is 44.5 Å². The summed E-state index contributed by atoms with van der Waals surface area (Å²) in [6.07, 6.45) is 1.67. The molecule has 3 aromatic rings. The molecule has 0 spiro atoms. The normalized spacial score (nSPS) is 19.0. The quantitative estimate of drug-likeness (QED) is 0.550. The van der Waals surface area contributed by atoms with E-state index in [2.05, 4.69) is 15.4 Å². The van der Waals surface area contributed by atoms with Crippen LogP contribution in [0.4, 0.5) is 0 Å². The fourth-order valence-electron chi connectivity index (χ4n) is 3.97. The lowest BCUT2D eigenvalue weighted by molar-refractivity contribution is -0.134. The van der Waals surface area contributed by atoms with Crippen LogP contribution in [0.1, 0.15) is 17.2 Å². The van der Waals surface area contributed by atoms with Gasteiger partial charge in [-0.1, -0.05) is 48.0 Å². The summed E-state index contributed by atoms with van der Waals surface area (Å²) in [5, 5.41) is 13.6. The molecule has 0 bridgehead atoms. The van der Waals surface area contributed by atoms with Gasteiger partial charge in [-0.05, 0) is 51.4 Å². The van der Waals surface area contributed by atoms with Crippen LogP contribution in [0.3, 0.4) is 0 Å². The highest BCUT2D eigenvalue weighted by Crippen LogP contribution is 2.26. The number of sulfonamides is 1. The molecule has 8 nitrogen and oxygen atoms in total. The third-order valence-electron chi connectivity index (χ3n) is 5.83. The molecule has 1 saturated heterocycles. The lowest BCUT2D eigenvalue weighted by atomic mass is 10.1. The molecule has 168 valence electrons. The van der Waals surface area contributed by atoms with Gasteiger partial charge in [-0.2, -0.15) is 9.42 Å². The number of hydrogen-bond acceptors (Lipinski definition) is 6. The van der Waals surface area contributed by atoms with Crippen molar-refractivity contribution in [2.45, 2.75) is 17.5 Å². The molecule has 0 aliphatic carbocycles. The van der Waals surface area contributed by atoms with Crippen molar-refractivity contribution in [2.24, 2.45) is 15.4 Å². The van der Waals surface area contributed by atoms with Crippen LogP contribution in [-0.4, -0.2) is 49.4 Å². The highest BCUT2D eigenvalue weighted by Gasteiger charge is 2.33. The topological polar surface area (TPSA) is 94.8 Å². The predicted molar refractivity (Wildman–Crippen MR) is 126 cm³/mol. The lowest BCUT2D eigenvalue weighted by Crippen LogP contribution is -2.51. The smallest absolute Gasteiger partial charge is 0.243 e. The Balaban J connectivity index is 1.27. The molecule has 1 fully saturated rings. The number of hydrogen-bond donors (Lipinski definition) is 0. The number of nitrogens with zero attached hydrogens (tertiary/aromatic N) is 5. The Morgan fingerprint density at radius 3 is 2.45 bits per heavy atom. The monoisotopic (exact) mass is 481 g/mol. The minimum atomic E-state index is -3.79. The maximum atomic E-state index is 13.2. The zero-order valence-corrected chi connectivity index (χ0v) is 19.1. The molecule has 1 unspecified atom stereocenters. The Morgan fingerprint density at radius 2 is 1.73 bits per heavy atom. The molecular formula is C23H20ClN5O3S. The van der Waals surface area contributed by atoms with Crippen LogP contribution in [0.2, 0.25) is 5.02 Å². The third-order valence-corrected chi connectivity index (χ3v) is 7.90. The standard InChI is InChI=1S/C23H20ClN5O3S/c24-20-7-5-19-12-21(8-6-18(19)11-20)33(31,32)29-10-9-28(23(30)15-29)14-16-1-3-17(4-2-16)22-13-25-27-26-22/h1-8,11-13,22H,9-10,14-15H2. The van der Waals surface area contributed by atoms with Crippen molar-refractivity contribution in [1.29, 1.82) is 0 Å². The Labute approximate surface area is 196 Å². The zero-order valence-electron chi connectivity index (χ0n) is 17.5. The predicted octanol–water partition coefficient (Wildman–Crippen LogP) is 4.02. The average Bonchev–Trinajstić information content (AvgIpc) is 3.35. The molecule has 1 amide bonds. The summed E-state index contributed by atoms with van der Waals surface area (Å²) in [5.41, 5.74) is 1.94. The molecule has 1 atom stereocenters. The van der Waals surface area contributed by atoms with Gasteiger partial charge in [0.2, 0.25) is 15.9 Å². The summed E-state index contributed by atoms with van der Waals surface area (Å²) in [6.45, 7) is 0.804.